The molecule has 4 aromatic rings. The van der Waals surface area contributed by atoms with Gasteiger partial charge in [0.15, 0.2) is 11.4 Å². The first-order chi connectivity index (χ1) is 22.2. The van der Waals surface area contributed by atoms with Crippen LogP contribution in [0.5, 0.6) is 11.5 Å². The zero-order chi connectivity index (χ0) is 32.8. The number of thiazole rings is 1. The minimum absolute atomic E-state index is 0.157. The lowest BCUT2D eigenvalue weighted by Crippen LogP contribution is -2.40. The Morgan fingerprint density at radius 1 is 0.935 bits per heavy atom. The smallest absolute Gasteiger partial charge is 0.344 e. The average molecular weight is 864 g/mol. The van der Waals surface area contributed by atoms with E-state index < -0.39 is 18.0 Å². The predicted molar refractivity (Wildman–Crippen MR) is 193 cm³/mol. The monoisotopic (exact) mass is 864 g/mol. The van der Waals surface area contributed by atoms with Crippen LogP contribution in [0.1, 0.15) is 43.5 Å². The lowest BCUT2D eigenvalue weighted by molar-refractivity contribution is -0.145. The molecule has 0 spiro atoms. The highest BCUT2D eigenvalue weighted by Gasteiger charge is 2.35. The molecule has 0 amide bonds. The minimum Gasteiger partial charge on any atom is -0.494 e. The minimum atomic E-state index is -0.820. The van der Waals surface area contributed by atoms with Gasteiger partial charge in [0.1, 0.15) is 11.5 Å². The van der Waals surface area contributed by atoms with Gasteiger partial charge in [-0.2, -0.15) is 0 Å². The summed E-state index contributed by atoms with van der Waals surface area (Å²) in [6.45, 7) is 6.01. The Labute approximate surface area is 296 Å². The van der Waals surface area contributed by atoms with Crippen LogP contribution < -0.4 is 24.4 Å². The van der Waals surface area contributed by atoms with E-state index in [0.717, 1.165) is 12.7 Å². The molecule has 0 bridgehead atoms. The van der Waals surface area contributed by atoms with Crippen molar-refractivity contribution >= 4 is 80.2 Å². The third-order valence-corrected chi connectivity index (χ3v) is 9.25. The quantitative estimate of drug-likeness (QED) is 0.145. The summed E-state index contributed by atoms with van der Waals surface area (Å²) in [6, 6.07) is 19.7. The number of nitrogens with zero attached hydrogens (tertiary/aromatic N) is 2. The second-order valence-corrected chi connectivity index (χ2v) is 13.3. The summed E-state index contributed by atoms with van der Waals surface area (Å²) in [4.78, 5) is 45.5. The highest BCUT2D eigenvalue weighted by Crippen LogP contribution is 2.36. The lowest BCUT2D eigenvalue weighted by atomic mass is 9.93. The van der Waals surface area contributed by atoms with Crippen LogP contribution in [0.3, 0.4) is 0 Å². The van der Waals surface area contributed by atoms with Crippen LogP contribution in [0.2, 0.25) is 0 Å². The van der Waals surface area contributed by atoms with Crippen molar-refractivity contribution in [1.29, 1.82) is 0 Å². The second kappa shape index (κ2) is 15.4. The van der Waals surface area contributed by atoms with Crippen molar-refractivity contribution in [3.8, 4) is 11.5 Å². The molecule has 2 heterocycles. The number of carbonyl (C=O) groups is 2. The van der Waals surface area contributed by atoms with Crippen molar-refractivity contribution in [1.82, 2.24) is 4.57 Å². The number of hydrogen-bond acceptors (Lipinski definition) is 9. The van der Waals surface area contributed by atoms with E-state index in [0.29, 0.717) is 44.3 Å². The third-order valence-electron chi connectivity index (χ3n) is 6.84. The molecule has 0 fully saturated rings. The first-order valence-electron chi connectivity index (χ1n) is 14.5. The van der Waals surface area contributed by atoms with Crippen molar-refractivity contribution in [3.63, 3.8) is 0 Å². The Balaban J connectivity index is 1.75. The summed E-state index contributed by atoms with van der Waals surface area (Å²) in [5.74, 6) is 0.0879. The molecule has 9 nitrogen and oxygen atoms in total. The summed E-state index contributed by atoms with van der Waals surface area (Å²) in [5, 5.41) is 0. The van der Waals surface area contributed by atoms with Gasteiger partial charge in [-0.1, -0.05) is 53.8 Å². The molecule has 0 saturated heterocycles. The zero-order valence-corrected chi connectivity index (χ0v) is 30.4. The number of halogens is 2. The largest absolute Gasteiger partial charge is 0.494 e. The number of esters is 2. The lowest BCUT2D eigenvalue weighted by Gasteiger charge is -2.26. The van der Waals surface area contributed by atoms with E-state index in [4.69, 9.17) is 23.9 Å². The van der Waals surface area contributed by atoms with Gasteiger partial charge >= 0.3 is 11.9 Å². The van der Waals surface area contributed by atoms with Crippen LogP contribution in [-0.2, 0) is 19.1 Å². The molecule has 1 aromatic heterocycles. The van der Waals surface area contributed by atoms with Gasteiger partial charge in [-0.05, 0) is 102 Å². The predicted octanol–water partition coefficient (Wildman–Crippen LogP) is 5.49. The third kappa shape index (κ3) is 7.39. The fraction of sp³-hybridized carbons (Fsp3) is 0.235. The van der Waals surface area contributed by atoms with Crippen molar-refractivity contribution in [2.45, 2.75) is 26.8 Å². The van der Waals surface area contributed by atoms with Gasteiger partial charge in [-0.25, -0.2) is 14.6 Å². The van der Waals surface area contributed by atoms with Crippen molar-refractivity contribution < 1.29 is 28.5 Å². The maximum atomic E-state index is 14.3. The molecular weight excluding hydrogens is 834 g/mol. The first kappa shape index (κ1) is 33.9. The topological polar surface area (TPSA) is 105 Å². The van der Waals surface area contributed by atoms with E-state index in [1.54, 1.807) is 24.5 Å². The van der Waals surface area contributed by atoms with Crippen LogP contribution in [0, 0.1) is 7.14 Å². The molecule has 0 aliphatic carbocycles. The Bertz CT molecular complexity index is 1970. The van der Waals surface area contributed by atoms with Gasteiger partial charge in [-0.3, -0.25) is 9.36 Å². The molecule has 1 aliphatic rings. The fourth-order valence-corrected chi connectivity index (χ4v) is 8.02. The van der Waals surface area contributed by atoms with Crippen molar-refractivity contribution in [3.05, 3.63) is 116 Å². The summed E-state index contributed by atoms with van der Waals surface area (Å²) < 4.78 is 25.8. The first-order valence-corrected chi connectivity index (χ1v) is 17.5. The van der Waals surface area contributed by atoms with Crippen LogP contribution >= 0.6 is 56.5 Å². The van der Waals surface area contributed by atoms with E-state index in [1.807, 2.05) is 73.7 Å². The van der Waals surface area contributed by atoms with Crippen LogP contribution in [0.4, 0.5) is 0 Å². The van der Waals surface area contributed by atoms with Crippen molar-refractivity contribution in [2.75, 3.05) is 26.4 Å². The molecule has 1 atom stereocenters. The van der Waals surface area contributed by atoms with Crippen molar-refractivity contribution in [2.24, 2.45) is 4.99 Å². The number of fused-ring (bicyclic) bond motifs is 1. The number of carbonyl (C=O) groups excluding carboxylic acids is 2. The molecule has 1 aliphatic heterocycles. The maximum Gasteiger partial charge on any atom is 0.344 e. The molecule has 0 N–H and O–H groups in total. The summed E-state index contributed by atoms with van der Waals surface area (Å²) in [6.07, 6.45) is 1.74. The number of aromatic nitrogens is 1. The normalized spacial score (nSPS) is 14.4. The highest BCUT2D eigenvalue weighted by molar-refractivity contribution is 14.1. The second-order valence-electron chi connectivity index (χ2n) is 9.83. The molecule has 5 rings (SSSR count). The van der Waals surface area contributed by atoms with E-state index in [1.165, 1.54) is 11.3 Å². The maximum absolute atomic E-state index is 14.3. The molecule has 0 radical (unpaired) electrons. The van der Waals surface area contributed by atoms with Gasteiger partial charge in [0.2, 0.25) is 0 Å². The summed E-state index contributed by atoms with van der Waals surface area (Å²) >= 11 is 5.55. The highest BCUT2D eigenvalue weighted by atomic mass is 127. The molecule has 0 unspecified atom stereocenters. The van der Waals surface area contributed by atoms with Gasteiger partial charge in [0, 0.05) is 14.7 Å². The van der Waals surface area contributed by atoms with Gasteiger partial charge in [-0.15, -0.1) is 0 Å². The Kier molecular flexibility index (Phi) is 11.3. The Morgan fingerprint density at radius 2 is 1.65 bits per heavy atom. The number of ether oxygens (including phenoxy) is 4. The summed E-state index contributed by atoms with van der Waals surface area (Å²) in [7, 11) is 0. The van der Waals surface area contributed by atoms with E-state index in [9.17, 15) is 14.4 Å². The molecule has 46 heavy (non-hydrogen) atoms. The molecule has 238 valence electrons. The Hall–Kier alpha value is -3.50. The Morgan fingerprint density at radius 3 is 2.33 bits per heavy atom. The van der Waals surface area contributed by atoms with Gasteiger partial charge < -0.3 is 18.9 Å². The molecule has 0 saturated carbocycles. The van der Waals surface area contributed by atoms with Crippen LogP contribution in [0.25, 0.3) is 11.8 Å². The van der Waals surface area contributed by atoms with E-state index in [2.05, 4.69) is 45.2 Å². The molecular formula is C34H30I2N2O7S. The fourth-order valence-electron chi connectivity index (χ4n) is 4.98. The van der Waals surface area contributed by atoms with Crippen LogP contribution in [-0.4, -0.2) is 42.9 Å². The standard InChI is InChI=1S/C34H30I2N2O7S/c1-4-42-24-14-12-21(13-15-24)30-28(33(41)44-6-3)29(20-10-8-7-9-11-20)37-34-38(30)32(40)26(46-34)17-22-16-23(35)18-25(36)31(22)45-19-27(39)43-5-2/h7-18,30H,4-6,19H2,1-3H3/b26-17-/t30-/m0/s1. The van der Waals surface area contributed by atoms with E-state index >= 15 is 0 Å². The molecule has 3 aromatic carbocycles. The zero-order valence-electron chi connectivity index (χ0n) is 25.3. The number of benzene rings is 3. The molecule has 12 heteroatoms. The average Bonchev–Trinajstić information content (AvgIpc) is 3.35. The van der Waals surface area contributed by atoms with E-state index in [-0.39, 0.29) is 31.0 Å². The number of rotatable bonds is 11. The summed E-state index contributed by atoms with van der Waals surface area (Å²) in [5.41, 5.74) is 2.41. The van der Waals surface area contributed by atoms with Gasteiger partial charge in [0.25, 0.3) is 5.56 Å². The van der Waals surface area contributed by atoms with Crippen LogP contribution in [0.15, 0.2) is 82.1 Å². The SMILES string of the molecule is CCOC(=O)COc1c(I)cc(I)cc1/C=c1\sc2n(c1=O)[C@@H](c1ccc(OCC)cc1)C(C(=O)OCC)=C(c1ccccc1)N=2. The number of hydrogen-bond donors (Lipinski definition) is 0. The van der Waals surface area contributed by atoms with Gasteiger partial charge in [0.05, 0.1) is 45.2 Å².